The third-order valence-corrected chi connectivity index (χ3v) is 8.74. The van der Waals surface area contributed by atoms with Crippen LogP contribution in [0.4, 0.5) is 5.13 Å². The first-order chi connectivity index (χ1) is 25.1. The number of esters is 3. The van der Waals surface area contributed by atoms with Crippen molar-refractivity contribution in [3.05, 3.63) is 108 Å². The molecule has 0 aliphatic rings. The average molecular weight is 722 g/mol. The number of benzene rings is 4. The molecule has 4 aromatic carbocycles. The van der Waals surface area contributed by atoms with E-state index in [2.05, 4.69) is 22.4 Å². The van der Waals surface area contributed by atoms with E-state index in [9.17, 15) is 14.4 Å². The number of unbranched alkanes of at least 4 members (excludes halogenated alkanes) is 2. The molecule has 0 aliphatic carbocycles. The topological polar surface area (TPSA) is 125 Å². The predicted molar refractivity (Wildman–Crippen MR) is 204 cm³/mol. The van der Waals surface area contributed by atoms with Crippen LogP contribution in [-0.4, -0.2) is 48.9 Å². The summed E-state index contributed by atoms with van der Waals surface area (Å²) in [6.07, 6.45) is 5.03. The fraction of sp³-hybridized carbons (Fsp3) is 0.293. The van der Waals surface area contributed by atoms with Crippen LogP contribution in [0.3, 0.4) is 0 Å². The fourth-order valence-electron chi connectivity index (χ4n) is 4.87. The highest BCUT2D eigenvalue weighted by Gasteiger charge is 2.22. The van der Waals surface area contributed by atoms with Crippen molar-refractivity contribution in [1.29, 1.82) is 0 Å². The Kier molecular flexibility index (Phi) is 13.1. The summed E-state index contributed by atoms with van der Waals surface area (Å²) < 4.78 is 23.3. The molecule has 10 nitrogen and oxygen atoms in total. The van der Waals surface area contributed by atoms with Crippen molar-refractivity contribution >= 4 is 50.8 Å². The first-order valence-electron chi connectivity index (χ1n) is 17.3. The standard InChI is InChI=1S/C41H43N3O7S/c1-5-6-9-23-49-37(45)29-15-13-28(14-16-29)31-19-22-35(32(26-31)27-42-44-40-43-34-11-7-8-12-36(34)52-40)51-38(46)30-17-20-33(21-18-30)48-24-10-25-50-39(47)41(2,3)4/h7-8,11-22,26-27H,5-6,9-10,23-25H2,1-4H3,(H,43,44)/b42-27+. The lowest BCUT2D eigenvalue weighted by Gasteiger charge is -2.16. The maximum atomic E-state index is 13.3. The van der Waals surface area contributed by atoms with Gasteiger partial charge in [0.15, 0.2) is 0 Å². The monoisotopic (exact) mass is 721 g/mol. The number of aromatic nitrogens is 1. The lowest BCUT2D eigenvalue weighted by Crippen LogP contribution is -2.23. The first kappa shape index (κ1) is 37.7. The van der Waals surface area contributed by atoms with E-state index >= 15 is 0 Å². The van der Waals surface area contributed by atoms with E-state index in [-0.39, 0.29) is 18.5 Å². The minimum absolute atomic E-state index is 0.255. The SMILES string of the molecule is CCCCCOC(=O)c1ccc(-c2ccc(OC(=O)c3ccc(OCCCOC(=O)C(C)(C)C)cc3)c(/C=N/Nc3nc4ccccc4s3)c2)cc1. The summed E-state index contributed by atoms with van der Waals surface area (Å²) in [5.74, 6) is -0.274. The number of ether oxygens (including phenoxy) is 4. The molecule has 0 saturated carbocycles. The van der Waals surface area contributed by atoms with E-state index in [4.69, 9.17) is 18.9 Å². The molecule has 52 heavy (non-hydrogen) atoms. The number of hydrogen-bond donors (Lipinski definition) is 1. The van der Waals surface area contributed by atoms with Gasteiger partial charge in [0, 0.05) is 12.0 Å². The molecule has 0 atom stereocenters. The summed E-state index contributed by atoms with van der Waals surface area (Å²) >= 11 is 1.48. The highest BCUT2D eigenvalue weighted by molar-refractivity contribution is 7.22. The van der Waals surface area contributed by atoms with E-state index in [1.165, 1.54) is 11.3 Å². The van der Waals surface area contributed by atoms with Crippen LogP contribution in [0, 0.1) is 5.41 Å². The van der Waals surface area contributed by atoms with Gasteiger partial charge in [-0.05, 0) is 99.0 Å². The summed E-state index contributed by atoms with van der Waals surface area (Å²) in [6.45, 7) is 8.54. The summed E-state index contributed by atoms with van der Waals surface area (Å²) in [7, 11) is 0. The molecule has 1 N–H and O–H groups in total. The van der Waals surface area contributed by atoms with E-state index in [0.29, 0.717) is 53.0 Å². The third kappa shape index (κ3) is 10.7. The van der Waals surface area contributed by atoms with E-state index < -0.39 is 11.4 Å². The van der Waals surface area contributed by atoms with Crippen molar-refractivity contribution in [2.75, 3.05) is 25.2 Å². The van der Waals surface area contributed by atoms with E-state index in [1.54, 1.807) is 48.7 Å². The number of anilines is 1. The van der Waals surface area contributed by atoms with Gasteiger partial charge in [0.1, 0.15) is 11.5 Å². The molecule has 5 rings (SSSR count). The first-order valence-corrected chi connectivity index (χ1v) is 18.1. The van der Waals surface area contributed by atoms with Crippen LogP contribution < -0.4 is 14.9 Å². The Hall–Kier alpha value is -5.55. The molecule has 0 unspecified atom stereocenters. The number of carbonyl (C=O) groups excluding carboxylic acids is 3. The normalized spacial score (nSPS) is 11.4. The lowest BCUT2D eigenvalue weighted by molar-refractivity contribution is -0.153. The van der Waals surface area contributed by atoms with Crippen molar-refractivity contribution in [1.82, 2.24) is 4.98 Å². The van der Waals surface area contributed by atoms with Crippen LogP contribution in [0.25, 0.3) is 21.3 Å². The van der Waals surface area contributed by atoms with Gasteiger partial charge >= 0.3 is 17.9 Å². The van der Waals surface area contributed by atoms with Crippen molar-refractivity contribution in [2.45, 2.75) is 53.4 Å². The highest BCUT2D eigenvalue weighted by atomic mass is 32.1. The maximum absolute atomic E-state index is 13.3. The van der Waals surface area contributed by atoms with Crippen molar-refractivity contribution in [3.63, 3.8) is 0 Å². The number of para-hydroxylation sites is 1. The zero-order valence-corrected chi connectivity index (χ0v) is 30.7. The minimum Gasteiger partial charge on any atom is -0.493 e. The van der Waals surface area contributed by atoms with Gasteiger partial charge in [0.2, 0.25) is 5.13 Å². The number of hydrazone groups is 1. The second-order valence-electron chi connectivity index (χ2n) is 13.0. The fourth-order valence-corrected chi connectivity index (χ4v) is 5.69. The Bertz CT molecular complexity index is 1970. The van der Waals surface area contributed by atoms with Gasteiger partial charge in [0.05, 0.1) is 52.8 Å². The number of carbonyl (C=O) groups is 3. The molecular weight excluding hydrogens is 679 g/mol. The Morgan fingerprint density at radius 2 is 1.48 bits per heavy atom. The highest BCUT2D eigenvalue weighted by Crippen LogP contribution is 2.29. The average Bonchev–Trinajstić information content (AvgIpc) is 3.56. The maximum Gasteiger partial charge on any atom is 0.343 e. The molecule has 0 radical (unpaired) electrons. The molecule has 0 amide bonds. The zero-order chi connectivity index (χ0) is 36.9. The van der Waals surface area contributed by atoms with Crippen LogP contribution in [0.15, 0.2) is 96.1 Å². The van der Waals surface area contributed by atoms with Gasteiger partial charge < -0.3 is 18.9 Å². The number of nitrogens with one attached hydrogen (secondary N) is 1. The van der Waals surface area contributed by atoms with Gasteiger partial charge in [-0.15, -0.1) is 0 Å². The van der Waals surface area contributed by atoms with Gasteiger partial charge in [0.25, 0.3) is 0 Å². The molecule has 270 valence electrons. The summed E-state index contributed by atoms with van der Waals surface area (Å²) in [4.78, 5) is 42.2. The van der Waals surface area contributed by atoms with Gasteiger partial charge in [-0.3, -0.25) is 10.2 Å². The van der Waals surface area contributed by atoms with Crippen molar-refractivity contribution in [2.24, 2.45) is 10.5 Å². The van der Waals surface area contributed by atoms with Gasteiger partial charge in [-0.2, -0.15) is 5.10 Å². The van der Waals surface area contributed by atoms with Gasteiger partial charge in [-0.25, -0.2) is 14.6 Å². The Balaban J connectivity index is 1.27. The summed E-state index contributed by atoms with van der Waals surface area (Å²) in [6, 6.07) is 27.1. The van der Waals surface area contributed by atoms with Crippen molar-refractivity contribution in [3.8, 4) is 22.6 Å². The van der Waals surface area contributed by atoms with Crippen LogP contribution in [0.2, 0.25) is 0 Å². The lowest BCUT2D eigenvalue weighted by atomic mass is 9.97. The smallest absolute Gasteiger partial charge is 0.343 e. The van der Waals surface area contributed by atoms with Crippen molar-refractivity contribution < 1.29 is 33.3 Å². The molecule has 11 heteroatoms. The summed E-state index contributed by atoms with van der Waals surface area (Å²) in [5, 5.41) is 5.04. The van der Waals surface area contributed by atoms with Gasteiger partial charge in [-0.1, -0.05) is 61.4 Å². The molecule has 1 heterocycles. The second kappa shape index (κ2) is 18.1. The third-order valence-electron chi connectivity index (χ3n) is 7.80. The quantitative estimate of drug-likeness (QED) is 0.0349. The van der Waals surface area contributed by atoms with E-state index in [0.717, 1.165) is 40.6 Å². The Morgan fingerprint density at radius 3 is 2.21 bits per heavy atom. The van der Waals surface area contributed by atoms with E-state index in [1.807, 2.05) is 69.3 Å². The Labute approximate surface area is 307 Å². The molecule has 1 aromatic heterocycles. The molecule has 0 aliphatic heterocycles. The number of nitrogens with zero attached hydrogens (tertiary/aromatic N) is 2. The zero-order valence-electron chi connectivity index (χ0n) is 29.8. The molecule has 0 saturated heterocycles. The number of rotatable bonds is 16. The second-order valence-corrected chi connectivity index (χ2v) is 14.1. The Morgan fingerprint density at radius 1 is 0.788 bits per heavy atom. The number of thiazole rings is 1. The molecule has 0 spiro atoms. The molecular formula is C41H43N3O7S. The number of fused-ring (bicyclic) bond motifs is 1. The van der Waals surface area contributed by atoms with Crippen LogP contribution in [-0.2, 0) is 14.3 Å². The minimum atomic E-state index is -0.552. The van der Waals surface area contributed by atoms with Crippen LogP contribution in [0.1, 0.15) is 79.7 Å². The largest absolute Gasteiger partial charge is 0.493 e. The molecule has 0 fully saturated rings. The molecule has 0 bridgehead atoms. The number of hydrogen-bond acceptors (Lipinski definition) is 11. The predicted octanol–water partition coefficient (Wildman–Crippen LogP) is 9.33. The van der Waals surface area contributed by atoms with Crippen LogP contribution in [0.5, 0.6) is 11.5 Å². The molecule has 5 aromatic rings. The summed E-state index contributed by atoms with van der Waals surface area (Å²) in [5.41, 5.74) is 6.36. The van der Waals surface area contributed by atoms with Crippen LogP contribution >= 0.6 is 11.3 Å².